The van der Waals surface area contributed by atoms with Crippen LogP contribution in [0, 0.1) is 0 Å². The molecule has 2 aromatic rings. The van der Waals surface area contributed by atoms with Gasteiger partial charge in [0.2, 0.25) is 0 Å². The molecule has 0 fully saturated rings. The normalized spacial score (nSPS) is 11.8. The van der Waals surface area contributed by atoms with Crippen LogP contribution >= 0.6 is 0 Å². The van der Waals surface area contributed by atoms with Crippen LogP contribution in [0.15, 0.2) is 42.5 Å². The van der Waals surface area contributed by atoms with Crippen LogP contribution in [0.2, 0.25) is 0 Å². The highest BCUT2D eigenvalue weighted by Crippen LogP contribution is 2.28. The van der Waals surface area contributed by atoms with Gasteiger partial charge >= 0.3 is 0 Å². The monoisotopic (exact) mass is 288 g/mol. The third-order valence-corrected chi connectivity index (χ3v) is 3.19. The molecule has 0 amide bonds. The van der Waals surface area contributed by atoms with E-state index >= 15 is 0 Å². The molecule has 0 saturated carbocycles. The van der Waals surface area contributed by atoms with Gasteiger partial charge in [0, 0.05) is 0 Å². The number of aliphatic hydroxyl groups excluding tert-OH is 1. The topological polar surface area (TPSA) is 47.9 Å². The van der Waals surface area contributed by atoms with Gasteiger partial charge in [-0.05, 0) is 42.3 Å². The van der Waals surface area contributed by atoms with Crippen molar-refractivity contribution in [3.05, 3.63) is 53.6 Å². The summed E-state index contributed by atoms with van der Waals surface area (Å²) in [6.45, 7) is 2.15. The summed E-state index contributed by atoms with van der Waals surface area (Å²) in [4.78, 5) is 0. The molecule has 0 saturated heterocycles. The molecular weight excluding hydrogens is 268 g/mol. The summed E-state index contributed by atoms with van der Waals surface area (Å²) in [5.41, 5.74) is 1.81. The number of hydrogen-bond acceptors (Lipinski definition) is 4. The van der Waals surface area contributed by atoms with Gasteiger partial charge in [-0.2, -0.15) is 0 Å². The fraction of sp³-hybridized carbons (Fsp3) is 0.294. The Morgan fingerprint density at radius 2 is 1.76 bits per heavy atom. The van der Waals surface area contributed by atoms with Gasteiger partial charge in [-0.3, -0.25) is 0 Å². The Labute approximate surface area is 124 Å². The van der Waals surface area contributed by atoms with E-state index in [1.807, 2.05) is 42.5 Å². The maximum Gasteiger partial charge on any atom is 0.161 e. The molecule has 0 heterocycles. The van der Waals surface area contributed by atoms with E-state index in [9.17, 15) is 5.11 Å². The highest BCUT2D eigenvalue weighted by molar-refractivity contribution is 5.42. The molecule has 2 aromatic carbocycles. The minimum absolute atomic E-state index is 0.420. The zero-order chi connectivity index (χ0) is 15.2. The van der Waals surface area contributed by atoms with Gasteiger partial charge in [-0.1, -0.05) is 18.2 Å². The van der Waals surface area contributed by atoms with Gasteiger partial charge in [0.1, 0.15) is 12.4 Å². The van der Waals surface area contributed by atoms with Gasteiger partial charge in [0.05, 0.1) is 20.3 Å². The van der Waals surface area contributed by atoms with E-state index in [0.29, 0.717) is 18.1 Å². The molecule has 0 radical (unpaired) electrons. The largest absolute Gasteiger partial charge is 0.493 e. The smallest absolute Gasteiger partial charge is 0.161 e. The standard InChI is InChI=1S/C17H20O4/c1-12(18)14-5-4-6-15(10-14)21-11-13-7-8-16(19-2)17(9-13)20-3/h4-10,12,18H,11H2,1-3H3. The van der Waals surface area contributed by atoms with Gasteiger partial charge in [0.25, 0.3) is 0 Å². The van der Waals surface area contributed by atoms with Crippen LogP contribution in [0.25, 0.3) is 0 Å². The molecule has 0 aromatic heterocycles. The van der Waals surface area contributed by atoms with Crippen molar-refractivity contribution in [2.75, 3.05) is 14.2 Å². The molecule has 1 unspecified atom stereocenters. The molecule has 0 bridgehead atoms. The van der Waals surface area contributed by atoms with Crippen LogP contribution in [-0.4, -0.2) is 19.3 Å². The number of ether oxygens (including phenoxy) is 3. The Bertz CT molecular complexity index is 593. The quantitative estimate of drug-likeness (QED) is 0.885. The zero-order valence-electron chi connectivity index (χ0n) is 12.5. The van der Waals surface area contributed by atoms with E-state index < -0.39 is 6.10 Å². The maximum atomic E-state index is 9.57. The van der Waals surface area contributed by atoms with Crippen molar-refractivity contribution in [3.63, 3.8) is 0 Å². The molecule has 0 spiro atoms. The summed E-state index contributed by atoms with van der Waals surface area (Å²) in [5, 5.41) is 9.57. The van der Waals surface area contributed by atoms with Crippen molar-refractivity contribution >= 4 is 0 Å². The van der Waals surface area contributed by atoms with Gasteiger partial charge < -0.3 is 19.3 Å². The van der Waals surface area contributed by atoms with Crippen LogP contribution in [-0.2, 0) is 6.61 Å². The van der Waals surface area contributed by atoms with Crippen LogP contribution in [0.3, 0.4) is 0 Å². The fourth-order valence-electron chi connectivity index (χ4n) is 2.00. The lowest BCUT2D eigenvalue weighted by Gasteiger charge is -2.12. The number of methoxy groups -OCH3 is 2. The van der Waals surface area contributed by atoms with Crippen molar-refractivity contribution in [3.8, 4) is 17.2 Å². The van der Waals surface area contributed by atoms with Crippen LogP contribution in [0.5, 0.6) is 17.2 Å². The van der Waals surface area contributed by atoms with Crippen molar-refractivity contribution < 1.29 is 19.3 Å². The first-order valence-electron chi connectivity index (χ1n) is 6.75. The zero-order valence-corrected chi connectivity index (χ0v) is 12.5. The van der Waals surface area contributed by atoms with Crippen molar-refractivity contribution in [1.82, 2.24) is 0 Å². The lowest BCUT2D eigenvalue weighted by Crippen LogP contribution is -1.98. The van der Waals surface area contributed by atoms with E-state index in [4.69, 9.17) is 14.2 Å². The predicted molar refractivity (Wildman–Crippen MR) is 81.0 cm³/mol. The van der Waals surface area contributed by atoms with Crippen LogP contribution in [0.4, 0.5) is 0 Å². The molecule has 1 N–H and O–H groups in total. The van der Waals surface area contributed by atoms with E-state index in [-0.39, 0.29) is 0 Å². The molecule has 21 heavy (non-hydrogen) atoms. The van der Waals surface area contributed by atoms with Crippen LogP contribution in [0.1, 0.15) is 24.2 Å². The molecule has 4 heteroatoms. The van der Waals surface area contributed by atoms with Crippen molar-refractivity contribution in [2.45, 2.75) is 19.6 Å². The van der Waals surface area contributed by atoms with E-state index in [2.05, 4.69) is 0 Å². The van der Waals surface area contributed by atoms with Crippen molar-refractivity contribution in [1.29, 1.82) is 0 Å². The molecular formula is C17H20O4. The molecule has 0 aliphatic carbocycles. The second kappa shape index (κ2) is 6.99. The Morgan fingerprint density at radius 3 is 2.43 bits per heavy atom. The average molecular weight is 288 g/mol. The number of benzene rings is 2. The lowest BCUT2D eigenvalue weighted by molar-refractivity contribution is 0.198. The molecule has 2 rings (SSSR count). The summed E-state index contributed by atoms with van der Waals surface area (Å²) in [6.07, 6.45) is -0.505. The van der Waals surface area contributed by atoms with Crippen molar-refractivity contribution in [2.24, 2.45) is 0 Å². The Balaban J connectivity index is 2.07. The fourth-order valence-corrected chi connectivity index (χ4v) is 2.00. The van der Waals surface area contributed by atoms with Gasteiger partial charge in [0.15, 0.2) is 11.5 Å². The van der Waals surface area contributed by atoms with E-state index in [1.54, 1.807) is 21.1 Å². The minimum Gasteiger partial charge on any atom is -0.493 e. The first-order valence-corrected chi connectivity index (χ1v) is 6.75. The highest BCUT2D eigenvalue weighted by Gasteiger charge is 2.06. The lowest BCUT2D eigenvalue weighted by atomic mass is 10.1. The second-order valence-corrected chi connectivity index (χ2v) is 4.73. The molecule has 0 aliphatic heterocycles. The molecule has 0 aliphatic rings. The Kier molecular flexibility index (Phi) is 5.06. The summed E-state index contributed by atoms with van der Waals surface area (Å²) in [5.74, 6) is 2.09. The molecule has 112 valence electrons. The van der Waals surface area contributed by atoms with Gasteiger partial charge in [-0.15, -0.1) is 0 Å². The predicted octanol–water partition coefficient (Wildman–Crippen LogP) is 3.34. The Hall–Kier alpha value is -2.20. The minimum atomic E-state index is -0.505. The van der Waals surface area contributed by atoms with Gasteiger partial charge in [-0.25, -0.2) is 0 Å². The van der Waals surface area contributed by atoms with E-state index in [1.165, 1.54) is 0 Å². The number of hydrogen-bond donors (Lipinski definition) is 1. The third kappa shape index (κ3) is 3.89. The number of rotatable bonds is 6. The molecule has 4 nitrogen and oxygen atoms in total. The highest BCUT2D eigenvalue weighted by atomic mass is 16.5. The number of aliphatic hydroxyl groups is 1. The average Bonchev–Trinajstić information content (AvgIpc) is 2.52. The van der Waals surface area contributed by atoms with Crippen LogP contribution < -0.4 is 14.2 Å². The Morgan fingerprint density at radius 1 is 1.00 bits per heavy atom. The first-order chi connectivity index (χ1) is 10.1. The van der Waals surface area contributed by atoms with E-state index in [0.717, 1.165) is 16.9 Å². The summed E-state index contributed by atoms with van der Waals surface area (Å²) in [7, 11) is 3.21. The summed E-state index contributed by atoms with van der Waals surface area (Å²) in [6, 6.07) is 13.1. The molecule has 1 atom stereocenters. The first kappa shape index (κ1) is 15.2. The summed E-state index contributed by atoms with van der Waals surface area (Å²) < 4.78 is 16.2. The SMILES string of the molecule is COc1ccc(COc2cccc(C(C)O)c2)cc1OC. The second-order valence-electron chi connectivity index (χ2n) is 4.73. The maximum absolute atomic E-state index is 9.57. The third-order valence-electron chi connectivity index (χ3n) is 3.19. The summed E-state index contributed by atoms with van der Waals surface area (Å²) >= 11 is 0.